The van der Waals surface area contributed by atoms with Crippen molar-refractivity contribution in [1.29, 1.82) is 0 Å². The Balaban J connectivity index is 1.11. The third-order valence-corrected chi connectivity index (χ3v) is 9.07. The second kappa shape index (κ2) is 16.0. The standard InChI is InChI=1S/C33H45ClN10O4/c1-22-17-42(18-23(2)47-22)27-7-9-28(10-8-27)44-20-30(32(39-44)46-13-5-12-45-4)38-33-35-15-26(16-36-33)25-6-11-29(34)31(14-25)48-24(3)19-43-21-37-40-41-43/h6,11,14-16,20-24,27-28H,5,7-10,12-13,17-19H2,1-4H3,(H,35,36,38)/t22-,23+,24-,27-,28-/m0/s1. The molecule has 4 heterocycles. The molecular formula is C33H45ClN10O4. The van der Waals surface area contributed by atoms with Crippen LogP contribution in [-0.4, -0.2) is 103 Å². The summed E-state index contributed by atoms with van der Waals surface area (Å²) in [5, 5.41) is 20.0. The van der Waals surface area contributed by atoms with Crippen LogP contribution in [0, 0.1) is 0 Å². The first-order valence-corrected chi connectivity index (χ1v) is 17.1. The smallest absolute Gasteiger partial charge is 0.256 e. The van der Waals surface area contributed by atoms with Crippen molar-refractivity contribution >= 4 is 23.2 Å². The van der Waals surface area contributed by atoms with Gasteiger partial charge in [-0.3, -0.25) is 9.58 Å². The van der Waals surface area contributed by atoms with E-state index in [1.165, 1.54) is 0 Å². The second-order valence-corrected chi connectivity index (χ2v) is 13.1. The van der Waals surface area contributed by atoms with Gasteiger partial charge in [0.15, 0.2) is 0 Å². The average molecular weight is 681 g/mol. The average Bonchev–Trinajstić information content (AvgIpc) is 3.74. The summed E-state index contributed by atoms with van der Waals surface area (Å²) in [6, 6.07) is 6.49. The quantitative estimate of drug-likeness (QED) is 0.175. The van der Waals surface area contributed by atoms with Crippen molar-refractivity contribution in [2.24, 2.45) is 0 Å². The number of rotatable bonds is 14. The molecule has 1 aromatic carbocycles. The van der Waals surface area contributed by atoms with Gasteiger partial charge in [-0.15, -0.1) is 10.2 Å². The lowest BCUT2D eigenvalue weighted by Gasteiger charge is -2.42. The van der Waals surface area contributed by atoms with Crippen LogP contribution in [0.15, 0.2) is 43.1 Å². The van der Waals surface area contributed by atoms with Gasteiger partial charge in [-0.2, -0.15) is 0 Å². The lowest BCUT2D eigenvalue weighted by molar-refractivity contribution is -0.0852. The topological polar surface area (TPSA) is 139 Å². The summed E-state index contributed by atoms with van der Waals surface area (Å²) < 4.78 is 27.0. The fourth-order valence-corrected chi connectivity index (χ4v) is 6.71. The van der Waals surface area contributed by atoms with E-state index in [9.17, 15) is 0 Å². The van der Waals surface area contributed by atoms with E-state index < -0.39 is 0 Å². The largest absolute Gasteiger partial charge is 0.487 e. The molecule has 48 heavy (non-hydrogen) atoms. The monoisotopic (exact) mass is 680 g/mol. The number of methoxy groups -OCH3 is 1. The fourth-order valence-electron chi connectivity index (χ4n) is 6.55. The normalized spacial score (nSPS) is 22.4. The van der Waals surface area contributed by atoms with Crippen LogP contribution in [0.5, 0.6) is 11.6 Å². The van der Waals surface area contributed by atoms with Crippen LogP contribution in [0.25, 0.3) is 11.1 Å². The van der Waals surface area contributed by atoms with Crippen LogP contribution in [-0.2, 0) is 16.0 Å². The van der Waals surface area contributed by atoms with Crippen molar-refractivity contribution in [3.63, 3.8) is 0 Å². The van der Waals surface area contributed by atoms with Gasteiger partial charge in [-0.1, -0.05) is 17.7 Å². The zero-order valence-corrected chi connectivity index (χ0v) is 28.8. The van der Waals surface area contributed by atoms with E-state index in [-0.39, 0.29) is 18.3 Å². The molecule has 0 unspecified atom stereocenters. The molecule has 1 saturated carbocycles. The van der Waals surface area contributed by atoms with Crippen molar-refractivity contribution in [3.8, 4) is 22.8 Å². The van der Waals surface area contributed by atoms with Gasteiger partial charge in [0.25, 0.3) is 5.88 Å². The maximum absolute atomic E-state index is 6.46. The molecule has 3 atom stereocenters. The van der Waals surface area contributed by atoms with Crippen LogP contribution in [0.1, 0.15) is 58.9 Å². The lowest BCUT2D eigenvalue weighted by Crippen LogP contribution is -2.51. The summed E-state index contributed by atoms with van der Waals surface area (Å²) >= 11 is 6.46. The second-order valence-electron chi connectivity index (χ2n) is 12.7. The Bertz CT molecular complexity index is 1570. The Morgan fingerprint density at radius 2 is 1.77 bits per heavy atom. The van der Waals surface area contributed by atoms with Crippen LogP contribution in [0.3, 0.4) is 0 Å². The van der Waals surface area contributed by atoms with Crippen LogP contribution >= 0.6 is 11.6 Å². The molecule has 258 valence electrons. The van der Waals surface area contributed by atoms with Crippen LogP contribution in [0.2, 0.25) is 5.02 Å². The summed E-state index contributed by atoms with van der Waals surface area (Å²) in [7, 11) is 1.69. The minimum absolute atomic E-state index is 0.205. The molecule has 3 aromatic heterocycles. The van der Waals surface area contributed by atoms with Gasteiger partial charge in [-0.25, -0.2) is 14.6 Å². The number of hydrogen-bond acceptors (Lipinski definition) is 12. The first kappa shape index (κ1) is 34.0. The van der Waals surface area contributed by atoms with Gasteiger partial charge in [0.1, 0.15) is 23.9 Å². The SMILES string of the molecule is COCCCOc1nn([C@H]2CC[C@H](N3C[C@@H](C)O[C@@H](C)C3)CC2)cc1Nc1ncc(-c2ccc(Cl)c(O[C@@H](C)Cn3cnnn3)c2)cn1. The maximum atomic E-state index is 6.46. The number of tetrazole rings is 1. The number of nitrogens with one attached hydrogen (secondary N) is 1. The van der Waals surface area contributed by atoms with E-state index in [0.29, 0.717) is 54.4 Å². The Labute approximate surface area is 286 Å². The van der Waals surface area contributed by atoms with E-state index in [1.807, 2.05) is 25.3 Å². The molecule has 2 aliphatic rings. The molecule has 0 spiro atoms. The molecule has 0 radical (unpaired) electrons. The molecule has 1 saturated heterocycles. The van der Waals surface area contributed by atoms with Crippen molar-refractivity contribution in [2.75, 3.05) is 38.7 Å². The van der Waals surface area contributed by atoms with E-state index in [4.69, 9.17) is 35.6 Å². The van der Waals surface area contributed by atoms with Gasteiger partial charge in [0.05, 0.1) is 42.6 Å². The highest BCUT2D eigenvalue weighted by Gasteiger charge is 2.32. The van der Waals surface area contributed by atoms with Crippen molar-refractivity contribution in [3.05, 3.63) is 48.1 Å². The number of aromatic nitrogens is 8. The molecule has 4 aromatic rings. The molecule has 6 rings (SSSR count). The highest BCUT2D eigenvalue weighted by Crippen LogP contribution is 2.36. The van der Waals surface area contributed by atoms with Gasteiger partial charge in [0, 0.05) is 57.2 Å². The molecule has 1 aliphatic heterocycles. The number of anilines is 2. The number of hydrogen-bond donors (Lipinski definition) is 1. The van der Waals surface area contributed by atoms with Gasteiger partial charge in [0.2, 0.25) is 5.95 Å². The third-order valence-electron chi connectivity index (χ3n) is 8.76. The summed E-state index contributed by atoms with van der Waals surface area (Å²) in [4.78, 5) is 11.8. The number of halogens is 1. The van der Waals surface area contributed by atoms with E-state index >= 15 is 0 Å². The van der Waals surface area contributed by atoms with Gasteiger partial charge in [-0.05, 0) is 74.6 Å². The predicted octanol–water partition coefficient (Wildman–Crippen LogP) is 5.20. The molecule has 2 fully saturated rings. The zero-order chi connectivity index (χ0) is 33.5. The molecular weight excluding hydrogens is 636 g/mol. The highest BCUT2D eigenvalue weighted by atomic mass is 35.5. The molecule has 14 nitrogen and oxygen atoms in total. The summed E-state index contributed by atoms with van der Waals surface area (Å²) in [6.45, 7) is 9.88. The first-order valence-electron chi connectivity index (χ1n) is 16.7. The van der Waals surface area contributed by atoms with Crippen molar-refractivity contribution in [2.45, 2.75) is 89.8 Å². The first-order chi connectivity index (χ1) is 23.3. The summed E-state index contributed by atoms with van der Waals surface area (Å²) in [6.07, 6.45) is 12.6. The van der Waals surface area contributed by atoms with E-state index in [1.54, 1.807) is 36.6 Å². The van der Waals surface area contributed by atoms with Crippen LogP contribution in [0.4, 0.5) is 11.6 Å². The molecule has 15 heteroatoms. The Morgan fingerprint density at radius 1 is 1.02 bits per heavy atom. The fraction of sp³-hybridized carbons (Fsp3) is 0.576. The number of ether oxygens (including phenoxy) is 4. The van der Waals surface area contributed by atoms with Gasteiger partial charge >= 0.3 is 0 Å². The Kier molecular flexibility index (Phi) is 11.4. The Morgan fingerprint density at radius 3 is 2.48 bits per heavy atom. The van der Waals surface area contributed by atoms with E-state index in [2.05, 4.69) is 54.2 Å². The third kappa shape index (κ3) is 8.78. The van der Waals surface area contributed by atoms with Crippen molar-refractivity contribution < 1.29 is 18.9 Å². The number of nitrogens with zero attached hydrogens (tertiary/aromatic N) is 9. The van der Waals surface area contributed by atoms with Crippen LogP contribution < -0.4 is 14.8 Å². The molecule has 0 bridgehead atoms. The van der Waals surface area contributed by atoms with Crippen molar-refractivity contribution in [1.82, 2.24) is 44.9 Å². The maximum Gasteiger partial charge on any atom is 0.256 e. The molecule has 1 aliphatic carbocycles. The predicted molar refractivity (Wildman–Crippen MR) is 181 cm³/mol. The number of benzene rings is 1. The van der Waals surface area contributed by atoms with E-state index in [0.717, 1.165) is 62.0 Å². The zero-order valence-electron chi connectivity index (χ0n) is 28.0. The molecule has 0 amide bonds. The molecule has 1 N–H and O–H groups in total. The minimum atomic E-state index is -0.205. The summed E-state index contributed by atoms with van der Waals surface area (Å²) in [5.41, 5.74) is 2.43. The summed E-state index contributed by atoms with van der Waals surface area (Å²) in [5.74, 6) is 1.54. The minimum Gasteiger partial charge on any atom is -0.487 e. The van der Waals surface area contributed by atoms with Gasteiger partial charge < -0.3 is 24.3 Å². The Hall–Kier alpha value is -3.85. The highest BCUT2D eigenvalue weighted by molar-refractivity contribution is 6.32. The number of morpholine rings is 1. The lowest BCUT2D eigenvalue weighted by atomic mass is 9.89.